The van der Waals surface area contributed by atoms with Gasteiger partial charge in [-0.2, -0.15) is 0 Å². The summed E-state index contributed by atoms with van der Waals surface area (Å²) in [5, 5.41) is 0. The zero-order valence-electron chi connectivity index (χ0n) is 13.2. The summed E-state index contributed by atoms with van der Waals surface area (Å²) < 4.78 is 4.84. The highest BCUT2D eigenvalue weighted by molar-refractivity contribution is 5.98. The minimum atomic E-state index is -0.515. The van der Waals surface area contributed by atoms with Crippen molar-refractivity contribution in [3.63, 3.8) is 0 Å². The first-order valence-electron chi connectivity index (χ1n) is 7.64. The van der Waals surface area contributed by atoms with E-state index < -0.39 is 6.04 Å². The zero-order chi connectivity index (χ0) is 16.4. The van der Waals surface area contributed by atoms with E-state index in [0.717, 1.165) is 5.56 Å². The number of aryl methyl sites for hydroxylation is 1. The molecular weight excluding hydrogens is 290 g/mol. The largest absolute Gasteiger partial charge is 0.467 e. The normalized spacial score (nSPS) is 19.8. The van der Waals surface area contributed by atoms with Crippen LogP contribution in [-0.4, -0.2) is 29.9 Å². The Kier molecular flexibility index (Phi) is 4.15. The minimum Gasteiger partial charge on any atom is -0.467 e. The van der Waals surface area contributed by atoms with Crippen molar-refractivity contribution in [3.8, 4) is 0 Å². The molecule has 118 valence electrons. The monoisotopic (exact) mass is 309 g/mol. The van der Waals surface area contributed by atoms with Gasteiger partial charge in [0.2, 0.25) is 0 Å². The molecule has 0 N–H and O–H groups in total. The average Bonchev–Trinajstić information content (AvgIpc) is 2.56. The van der Waals surface area contributed by atoms with Gasteiger partial charge in [0.15, 0.2) is 0 Å². The number of benzene rings is 2. The molecular formula is C19H19NO3. The second-order valence-electron chi connectivity index (χ2n) is 5.78. The Morgan fingerprint density at radius 2 is 1.70 bits per heavy atom. The van der Waals surface area contributed by atoms with Crippen molar-refractivity contribution in [2.75, 3.05) is 7.11 Å². The van der Waals surface area contributed by atoms with Crippen molar-refractivity contribution in [2.45, 2.75) is 25.4 Å². The molecule has 1 fully saturated rings. The Bertz CT molecular complexity index is 709. The molecule has 1 aliphatic rings. The minimum absolute atomic E-state index is 0.0904. The highest BCUT2D eigenvalue weighted by Crippen LogP contribution is 2.40. The lowest BCUT2D eigenvalue weighted by Crippen LogP contribution is -2.57. The third-order valence-corrected chi connectivity index (χ3v) is 4.31. The smallest absolute Gasteiger partial charge is 0.328 e. The van der Waals surface area contributed by atoms with Crippen LogP contribution in [0, 0.1) is 6.92 Å². The number of carbonyl (C=O) groups is 2. The molecule has 2 aromatic rings. The average molecular weight is 309 g/mol. The number of nitrogens with zero attached hydrogens (tertiary/aromatic N) is 1. The second kappa shape index (κ2) is 6.24. The van der Waals surface area contributed by atoms with Gasteiger partial charge in [0, 0.05) is 12.0 Å². The maximum absolute atomic E-state index is 12.8. The van der Waals surface area contributed by atoms with Crippen LogP contribution in [0.1, 0.15) is 33.9 Å². The predicted molar refractivity (Wildman–Crippen MR) is 87.0 cm³/mol. The Morgan fingerprint density at radius 3 is 2.30 bits per heavy atom. The number of methoxy groups -OCH3 is 1. The van der Waals surface area contributed by atoms with Gasteiger partial charge >= 0.3 is 5.97 Å². The molecule has 1 aliphatic heterocycles. The predicted octanol–water partition coefficient (Wildman–Crippen LogP) is 3.12. The summed E-state index contributed by atoms with van der Waals surface area (Å²) in [4.78, 5) is 26.4. The van der Waals surface area contributed by atoms with Crippen LogP contribution in [-0.2, 0) is 9.53 Å². The number of rotatable bonds is 3. The van der Waals surface area contributed by atoms with Gasteiger partial charge in [0.25, 0.3) is 5.91 Å². The maximum Gasteiger partial charge on any atom is 0.328 e. The summed E-state index contributed by atoms with van der Waals surface area (Å²) >= 11 is 0. The molecule has 23 heavy (non-hydrogen) atoms. The summed E-state index contributed by atoms with van der Waals surface area (Å²) in [5.74, 6) is -0.504. The molecule has 0 aromatic heterocycles. The molecule has 0 radical (unpaired) electrons. The molecule has 4 heteroatoms. The van der Waals surface area contributed by atoms with Crippen LogP contribution >= 0.6 is 0 Å². The topological polar surface area (TPSA) is 46.6 Å². The summed E-state index contributed by atoms with van der Waals surface area (Å²) in [6.45, 7) is 2.02. The van der Waals surface area contributed by atoms with E-state index in [0.29, 0.717) is 12.0 Å². The van der Waals surface area contributed by atoms with E-state index in [9.17, 15) is 9.59 Å². The molecule has 2 aromatic carbocycles. The third kappa shape index (κ3) is 2.84. The summed E-state index contributed by atoms with van der Waals surface area (Å²) in [6, 6.07) is 16.5. The van der Waals surface area contributed by atoms with Crippen molar-refractivity contribution in [3.05, 3.63) is 71.3 Å². The van der Waals surface area contributed by atoms with Crippen molar-refractivity contribution in [1.82, 2.24) is 4.90 Å². The Morgan fingerprint density at radius 1 is 1.04 bits per heavy atom. The summed E-state index contributed by atoms with van der Waals surface area (Å²) in [6.07, 6.45) is 0.592. The van der Waals surface area contributed by atoms with Crippen LogP contribution in [0.5, 0.6) is 0 Å². The van der Waals surface area contributed by atoms with E-state index in [-0.39, 0.29) is 17.9 Å². The summed E-state index contributed by atoms with van der Waals surface area (Å²) in [7, 11) is 1.35. The SMILES string of the molecule is COC(=O)[C@@H]1C[C@H](c2ccc(C)cc2)N1C(=O)c1ccccc1. The molecule has 0 bridgehead atoms. The fourth-order valence-electron chi connectivity index (χ4n) is 2.96. The van der Waals surface area contributed by atoms with Crippen molar-refractivity contribution >= 4 is 11.9 Å². The van der Waals surface area contributed by atoms with Gasteiger partial charge in [-0.05, 0) is 24.6 Å². The standard InChI is InChI=1S/C19H19NO3/c1-13-8-10-14(11-9-13)16-12-17(19(22)23-2)20(16)18(21)15-6-4-3-5-7-15/h3-11,16-17H,12H2,1-2H3/t16-,17+/m1/s1. The van der Waals surface area contributed by atoms with Gasteiger partial charge in [0.1, 0.15) is 6.04 Å². The second-order valence-corrected chi connectivity index (χ2v) is 5.78. The highest BCUT2D eigenvalue weighted by Gasteiger charge is 2.47. The molecule has 2 atom stereocenters. The number of esters is 1. The van der Waals surface area contributed by atoms with Crippen LogP contribution in [0.3, 0.4) is 0 Å². The Hall–Kier alpha value is -2.62. The molecule has 0 aliphatic carbocycles. The number of hydrogen-bond acceptors (Lipinski definition) is 3. The molecule has 4 nitrogen and oxygen atoms in total. The first kappa shape index (κ1) is 15.3. The lowest BCUT2D eigenvalue weighted by Gasteiger charge is -2.47. The first-order chi connectivity index (χ1) is 11.1. The van der Waals surface area contributed by atoms with E-state index >= 15 is 0 Å². The Balaban J connectivity index is 1.90. The van der Waals surface area contributed by atoms with Crippen LogP contribution in [0.15, 0.2) is 54.6 Å². The molecule has 3 rings (SSSR count). The molecule has 1 heterocycles. The van der Waals surface area contributed by atoms with Crippen LogP contribution < -0.4 is 0 Å². The zero-order valence-corrected chi connectivity index (χ0v) is 13.2. The van der Waals surface area contributed by atoms with Crippen LogP contribution in [0.25, 0.3) is 0 Å². The highest BCUT2D eigenvalue weighted by atomic mass is 16.5. The number of carbonyl (C=O) groups excluding carboxylic acids is 2. The fourth-order valence-corrected chi connectivity index (χ4v) is 2.96. The van der Waals surface area contributed by atoms with E-state index in [4.69, 9.17) is 4.74 Å². The van der Waals surface area contributed by atoms with E-state index in [1.54, 1.807) is 17.0 Å². The first-order valence-corrected chi connectivity index (χ1v) is 7.64. The molecule has 0 unspecified atom stereocenters. The van der Waals surface area contributed by atoms with Gasteiger partial charge in [-0.15, -0.1) is 0 Å². The van der Waals surface area contributed by atoms with Gasteiger partial charge in [0.05, 0.1) is 13.2 Å². The van der Waals surface area contributed by atoms with Crippen molar-refractivity contribution in [1.29, 1.82) is 0 Å². The number of amides is 1. The van der Waals surface area contributed by atoms with Gasteiger partial charge in [-0.3, -0.25) is 4.79 Å². The van der Waals surface area contributed by atoms with Crippen molar-refractivity contribution < 1.29 is 14.3 Å². The van der Waals surface area contributed by atoms with E-state index in [1.807, 2.05) is 49.4 Å². The van der Waals surface area contributed by atoms with Crippen molar-refractivity contribution in [2.24, 2.45) is 0 Å². The molecule has 0 saturated carbocycles. The lowest BCUT2D eigenvalue weighted by molar-refractivity contribution is -0.153. The molecule has 1 saturated heterocycles. The summed E-state index contributed by atoms with van der Waals surface area (Å²) in [5.41, 5.74) is 2.79. The van der Waals surface area contributed by atoms with E-state index in [1.165, 1.54) is 12.7 Å². The number of likely N-dealkylation sites (tertiary alicyclic amines) is 1. The third-order valence-electron chi connectivity index (χ3n) is 4.31. The Labute approximate surface area is 135 Å². The van der Waals surface area contributed by atoms with Gasteiger partial charge < -0.3 is 9.64 Å². The number of ether oxygens (including phenoxy) is 1. The lowest BCUT2D eigenvalue weighted by atomic mass is 9.86. The van der Waals surface area contributed by atoms with Crippen LogP contribution in [0.4, 0.5) is 0 Å². The van der Waals surface area contributed by atoms with E-state index in [2.05, 4.69) is 0 Å². The molecule has 0 spiro atoms. The van der Waals surface area contributed by atoms with Gasteiger partial charge in [-0.1, -0.05) is 48.0 Å². The maximum atomic E-state index is 12.8. The number of hydrogen-bond donors (Lipinski definition) is 0. The van der Waals surface area contributed by atoms with Crippen LogP contribution in [0.2, 0.25) is 0 Å². The van der Waals surface area contributed by atoms with Gasteiger partial charge in [-0.25, -0.2) is 4.79 Å². The fraction of sp³-hybridized carbons (Fsp3) is 0.263. The quantitative estimate of drug-likeness (QED) is 0.818. The molecule has 1 amide bonds.